The van der Waals surface area contributed by atoms with Gasteiger partial charge in [-0.15, -0.1) is 0 Å². The molecule has 9 nitrogen and oxygen atoms in total. The van der Waals surface area contributed by atoms with Gasteiger partial charge in [-0.1, -0.05) is 43.0 Å². The third-order valence-electron chi connectivity index (χ3n) is 5.20. The summed E-state index contributed by atoms with van der Waals surface area (Å²) in [7, 11) is 0. The van der Waals surface area contributed by atoms with E-state index >= 15 is 0 Å². The molecule has 1 amide bonds. The molecule has 0 radical (unpaired) electrons. The van der Waals surface area contributed by atoms with Gasteiger partial charge in [0.25, 0.3) is 0 Å². The molecule has 0 atom stereocenters. The van der Waals surface area contributed by atoms with Crippen molar-refractivity contribution in [2.75, 3.05) is 52.8 Å². The van der Waals surface area contributed by atoms with Crippen molar-refractivity contribution in [3.8, 4) is 11.5 Å². The smallest absolute Gasteiger partial charge is 0.412 e. The van der Waals surface area contributed by atoms with Gasteiger partial charge in [-0.25, -0.2) is 9.59 Å². The topological polar surface area (TPSA) is 113 Å². The fourth-order valence-electron chi connectivity index (χ4n) is 3.68. The second kappa shape index (κ2) is 14.1. The molecule has 2 N–H and O–H groups in total. The Morgan fingerprint density at radius 2 is 1.54 bits per heavy atom. The van der Waals surface area contributed by atoms with Crippen LogP contribution in [-0.2, 0) is 31.8 Å². The van der Waals surface area contributed by atoms with Crippen LogP contribution >= 0.6 is 0 Å². The number of hydrogen-bond donors (Lipinski definition) is 2. The van der Waals surface area contributed by atoms with Gasteiger partial charge < -0.3 is 34.1 Å². The molecule has 0 bridgehead atoms. The van der Waals surface area contributed by atoms with E-state index in [0.29, 0.717) is 38.4 Å². The van der Waals surface area contributed by atoms with Gasteiger partial charge in [-0.2, -0.15) is 0 Å². The molecular weight excluding hydrogens is 454 g/mol. The summed E-state index contributed by atoms with van der Waals surface area (Å²) in [4.78, 5) is 23.4. The van der Waals surface area contributed by atoms with Gasteiger partial charge in [0.05, 0.1) is 33.0 Å². The van der Waals surface area contributed by atoms with Crippen LogP contribution < -0.4 is 14.8 Å². The SMILES string of the molecule is C=CC(=O)OCCOCCOCCNC(=O)Oc1c2c(c(OCCO)c3ccccc13)CC=CC2. The molecule has 1 aliphatic carbocycles. The first-order chi connectivity index (χ1) is 17.2. The molecular formula is C26H31NO8. The zero-order valence-corrected chi connectivity index (χ0v) is 19.6. The second-order valence-electron chi connectivity index (χ2n) is 7.53. The van der Waals surface area contributed by atoms with E-state index in [2.05, 4.69) is 18.0 Å². The molecule has 0 heterocycles. The number of fused-ring (bicyclic) bond motifs is 2. The molecule has 0 fully saturated rings. The summed E-state index contributed by atoms with van der Waals surface area (Å²) < 4.78 is 27.2. The number of aliphatic hydroxyl groups is 1. The number of nitrogens with one attached hydrogen (secondary N) is 1. The van der Waals surface area contributed by atoms with Crippen molar-refractivity contribution in [2.45, 2.75) is 12.8 Å². The van der Waals surface area contributed by atoms with E-state index in [-0.39, 0.29) is 33.0 Å². The van der Waals surface area contributed by atoms with Gasteiger partial charge in [0.15, 0.2) is 0 Å². The van der Waals surface area contributed by atoms with Gasteiger partial charge in [-0.3, -0.25) is 0 Å². The van der Waals surface area contributed by atoms with E-state index < -0.39 is 12.1 Å². The molecule has 0 aliphatic heterocycles. The Morgan fingerprint density at radius 3 is 2.23 bits per heavy atom. The standard InChI is InChI=1S/C26H31NO8/c1-2-23(29)33-18-17-32-16-15-31-13-11-27-26(30)35-25-21-9-5-3-7-19(21)24(34-14-12-28)20-8-4-6-10-22(20)25/h2-7,9,28H,1,8,10-18H2,(H,27,30). The van der Waals surface area contributed by atoms with Crippen molar-refractivity contribution in [3.63, 3.8) is 0 Å². The Hall–Kier alpha value is -3.40. The van der Waals surface area contributed by atoms with Crippen molar-refractivity contribution in [2.24, 2.45) is 0 Å². The molecule has 9 heteroatoms. The van der Waals surface area contributed by atoms with Crippen molar-refractivity contribution in [1.29, 1.82) is 0 Å². The van der Waals surface area contributed by atoms with Gasteiger partial charge >= 0.3 is 12.1 Å². The lowest BCUT2D eigenvalue weighted by Gasteiger charge is -2.22. The molecule has 0 saturated heterocycles. The minimum absolute atomic E-state index is 0.0844. The van der Waals surface area contributed by atoms with Crippen molar-refractivity contribution in [3.05, 3.63) is 60.2 Å². The van der Waals surface area contributed by atoms with Gasteiger partial charge in [0.2, 0.25) is 0 Å². The molecule has 2 aromatic carbocycles. The van der Waals surface area contributed by atoms with Crippen LogP contribution in [0.25, 0.3) is 10.8 Å². The first kappa shape index (κ1) is 26.2. The van der Waals surface area contributed by atoms with Crippen molar-refractivity contribution in [1.82, 2.24) is 5.32 Å². The van der Waals surface area contributed by atoms with Crippen LogP contribution in [0.5, 0.6) is 11.5 Å². The molecule has 0 unspecified atom stereocenters. The maximum atomic E-state index is 12.5. The number of ether oxygens (including phenoxy) is 5. The minimum atomic E-state index is -0.570. The van der Waals surface area contributed by atoms with Gasteiger partial charge in [-0.05, 0) is 12.8 Å². The van der Waals surface area contributed by atoms with Crippen molar-refractivity contribution < 1.29 is 38.4 Å². The zero-order chi connectivity index (χ0) is 24.9. The number of aliphatic hydroxyl groups excluding tert-OH is 1. The van der Waals surface area contributed by atoms with Crippen LogP contribution in [0.1, 0.15) is 11.1 Å². The van der Waals surface area contributed by atoms with E-state index in [4.69, 9.17) is 23.7 Å². The maximum absolute atomic E-state index is 12.5. The summed E-state index contributed by atoms with van der Waals surface area (Å²) >= 11 is 0. The second-order valence-corrected chi connectivity index (χ2v) is 7.53. The number of carbonyl (C=O) groups is 2. The number of allylic oxidation sites excluding steroid dienone is 2. The Kier molecular flexibility index (Phi) is 10.6. The highest BCUT2D eigenvalue weighted by molar-refractivity contribution is 5.97. The summed E-state index contributed by atoms with van der Waals surface area (Å²) in [6.45, 7) is 5.08. The quantitative estimate of drug-likeness (QED) is 0.182. The fourth-order valence-corrected chi connectivity index (χ4v) is 3.68. The summed E-state index contributed by atoms with van der Waals surface area (Å²) in [6, 6.07) is 7.60. The Bertz CT molecular complexity index is 1050. The largest absolute Gasteiger partial charge is 0.490 e. The fraction of sp³-hybridized carbons (Fsp3) is 0.385. The number of rotatable bonds is 14. The van der Waals surface area contributed by atoms with Gasteiger partial charge in [0, 0.05) is 34.5 Å². The number of amides is 1. The maximum Gasteiger partial charge on any atom is 0.412 e. The molecule has 188 valence electrons. The molecule has 0 spiro atoms. The summed E-state index contributed by atoms with van der Waals surface area (Å²) in [5.74, 6) is 0.746. The zero-order valence-electron chi connectivity index (χ0n) is 19.6. The number of esters is 1. The highest BCUT2D eigenvalue weighted by atomic mass is 16.6. The van der Waals surface area contributed by atoms with E-state index in [1.807, 2.05) is 30.3 Å². The highest BCUT2D eigenvalue weighted by Gasteiger charge is 2.23. The molecule has 0 saturated carbocycles. The van der Waals surface area contributed by atoms with Gasteiger partial charge in [0.1, 0.15) is 24.7 Å². The van der Waals surface area contributed by atoms with E-state index in [1.54, 1.807) is 0 Å². The van der Waals surface area contributed by atoms with Crippen LogP contribution in [-0.4, -0.2) is 70.0 Å². The summed E-state index contributed by atoms with van der Waals surface area (Å²) in [6.07, 6.45) is 5.90. The molecule has 1 aliphatic rings. The van der Waals surface area contributed by atoms with Crippen LogP contribution in [0.15, 0.2) is 49.1 Å². The van der Waals surface area contributed by atoms with Crippen LogP contribution in [0.4, 0.5) is 4.79 Å². The molecule has 0 aromatic heterocycles. The third kappa shape index (κ3) is 7.54. The average molecular weight is 486 g/mol. The molecule has 2 aromatic rings. The minimum Gasteiger partial charge on any atom is -0.490 e. The normalized spacial score (nSPS) is 12.1. The number of carbonyl (C=O) groups excluding carboxylic acids is 2. The Labute approximate surface area is 204 Å². The van der Waals surface area contributed by atoms with Crippen LogP contribution in [0.3, 0.4) is 0 Å². The number of hydrogen-bond acceptors (Lipinski definition) is 8. The Morgan fingerprint density at radius 1 is 0.914 bits per heavy atom. The lowest BCUT2D eigenvalue weighted by atomic mass is 9.90. The summed E-state index contributed by atoms with van der Waals surface area (Å²) in [5, 5.41) is 13.5. The van der Waals surface area contributed by atoms with E-state index in [9.17, 15) is 14.7 Å². The first-order valence-corrected chi connectivity index (χ1v) is 11.5. The average Bonchev–Trinajstić information content (AvgIpc) is 2.89. The van der Waals surface area contributed by atoms with Crippen LogP contribution in [0.2, 0.25) is 0 Å². The molecule has 3 rings (SSSR count). The first-order valence-electron chi connectivity index (χ1n) is 11.5. The highest BCUT2D eigenvalue weighted by Crippen LogP contribution is 2.43. The predicted octanol–water partition coefficient (Wildman–Crippen LogP) is 2.72. The van der Waals surface area contributed by atoms with Crippen LogP contribution in [0, 0.1) is 0 Å². The summed E-state index contributed by atoms with van der Waals surface area (Å²) in [5.41, 5.74) is 1.87. The third-order valence-corrected chi connectivity index (χ3v) is 5.20. The Balaban J connectivity index is 1.50. The molecule has 35 heavy (non-hydrogen) atoms. The van der Waals surface area contributed by atoms with E-state index in [0.717, 1.165) is 33.7 Å². The van der Waals surface area contributed by atoms with E-state index in [1.165, 1.54) is 0 Å². The lowest BCUT2D eigenvalue weighted by molar-refractivity contribution is -0.139. The van der Waals surface area contributed by atoms with Crippen molar-refractivity contribution >= 4 is 22.8 Å². The predicted molar refractivity (Wildman–Crippen MR) is 130 cm³/mol. The monoisotopic (exact) mass is 485 g/mol. The lowest BCUT2D eigenvalue weighted by Crippen LogP contribution is -2.31. The number of benzene rings is 2.